The molecule has 0 N–H and O–H groups in total. The maximum Gasteiger partial charge on any atom is 0.670 e. The van der Waals surface area contributed by atoms with Crippen molar-refractivity contribution in [2.75, 3.05) is 0 Å². The molecule has 0 unspecified atom stereocenters. The van der Waals surface area contributed by atoms with Gasteiger partial charge in [0.05, 0.1) is 0 Å². The van der Waals surface area contributed by atoms with Crippen molar-refractivity contribution in [3.8, 4) is 12.0 Å². The zero-order valence-electron chi connectivity index (χ0n) is 4.23. The molecular weight excluding hydrogens is 211 g/mol. The summed E-state index contributed by atoms with van der Waals surface area (Å²) in [6, 6.07) is 10.00. The predicted molar refractivity (Wildman–Crippen MR) is 41.0 cm³/mol. The maximum absolute atomic E-state index is 5.45. The standard InChI is InChI=1S/C2H2Cl2O2Si3/c1-7-5-9(3,4)6-8-2/h1-2H. The lowest BCUT2D eigenvalue weighted by Gasteiger charge is -2.09. The first-order valence-corrected chi connectivity index (χ1v) is 7.58. The fourth-order valence-corrected chi connectivity index (χ4v) is 3.40. The molecular formula is C2H2Cl2O2Si3. The second-order valence-electron chi connectivity index (χ2n) is 0.903. The molecule has 48 valence electrons. The fourth-order valence-electron chi connectivity index (χ4n) is 0.158. The molecule has 7 heteroatoms. The Kier molecular flexibility index (Phi) is 4.43. The molecule has 0 heterocycles. The van der Waals surface area contributed by atoms with Gasteiger partial charge in [0.25, 0.3) is 0 Å². The van der Waals surface area contributed by atoms with Gasteiger partial charge in [0.15, 0.2) is 0 Å². The summed E-state index contributed by atoms with van der Waals surface area (Å²) in [5.74, 6) is 0. The summed E-state index contributed by atoms with van der Waals surface area (Å²) in [5.41, 5.74) is 0. The van der Waals surface area contributed by atoms with Gasteiger partial charge in [-0.25, -0.2) is 0 Å². The third kappa shape index (κ3) is 4.87. The van der Waals surface area contributed by atoms with Crippen LogP contribution in [0, 0.1) is 12.0 Å². The average molecular weight is 213 g/mol. The molecule has 9 heavy (non-hydrogen) atoms. The first-order chi connectivity index (χ1) is 4.12. The lowest BCUT2D eigenvalue weighted by atomic mass is 12.0. The van der Waals surface area contributed by atoms with Gasteiger partial charge in [-0.3, -0.25) is 0 Å². The normalized spacial score (nSPS) is 8.89. The molecule has 0 aliphatic carbocycles. The quantitative estimate of drug-likeness (QED) is 0.487. The first kappa shape index (κ1) is 9.39. The highest BCUT2D eigenvalue weighted by molar-refractivity contribution is 7.40. The van der Waals surface area contributed by atoms with Crippen LogP contribution in [-0.2, 0) is 8.23 Å². The molecule has 0 spiro atoms. The lowest BCUT2D eigenvalue weighted by molar-refractivity contribution is 0.484. The highest BCUT2D eigenvalue weighted by Gasteiger charge is 2.35. The van der Waals surface area contributed by atoms with Crippen molar-refractivity contribution in [3.05, 3.63) is 0 Å². The van der Waals surface area contributed by atoms with Crippen molar-refractivity contribution in [3.63, 3.8) is 0 Å². The van der Waals surface area contributed by atoms with Crippen molar-refractivity contribution in [2.24, 2.45) is 0 Å². The summed E-state index contributed by atoms with van der Waals surface area (Å²) >= 11 is 10.9. The van der Waals surface area contributed by atoms with Crippen molar-refractivity contribution in [2.45, 2.75) is 0 Å². The van der Waals surface area contributed by atoms with Crippen LogP contribution < -0.4 is 0 Å². The van der Waals surface area contributed by atoms with E-state index in [1.807, 2.05) is 0 Å². The Morgan fingerprint density at radius 2 is 1.44 bits per heavy atom. The molecule has 0 saturated carbocycles. The van der Waals surface area contributed by atoms with Crippen LogP contribution in [0.15, 0.2) is 0 Å². The summed E-state index contributed by atoms with van der Waals surface area (Å²) in [4.78, 5) is 0. The van der Waals surface area contributed by atoms with Crippen molar-refractivity contribution in [1.82, 2.24) is 0 Å². The zero-order chi connectivity index (χ0) is 7.33. The minimum Gasteiger partial charge on any atom is -0.506 e. The Hall–Kier alpha value is 0.391. The number of rotatable bonds is 2. The molecule has 0 aliphatic heterocycles. The highest BCUT2D eigenvalue weighted by Crippen LogP contribution is 2.14. The van der Waals surface area contributed by atoms with Gasteiger partial charge < -0.3 is 8.23 Å². The Morgan fingerprint density at radius 3 is 1.67 bits per heavy atom. The Bertz CT molecular complexity index is 150. The number of hydrogen-bond donors (Lipinski definition) is 0. The molecule has 0 aliphatic rings. The first-order valence-electron chi connectivity index (χ1n) is 1.77. The van der Waals surface area contributed by atoms with Crippen LogP contribution in [-0.4, -0.2) is 25.6 Å². The zero-order valence-corrected chi connectivity index (χ0v) is 8.74. The van der Waals surface area contributed by atoms with E-state index in [0.29, 0.717) is 0 Å². The molecule has 0 saturated heterocycles. The van der Waals surface area contributed by atoms with Gasteiger partial charge in [-0.2, -0.15) is 0 Å². The van der Waals surface area contributed by atoms with Gasteiger partial charge in [0, 0.05) is 0 Å². The molecule has 2 nitrogen and oxygen atoms in total. The highest BCUT2D eigenvalue weighted by atomic mass is 35.7. The van der Waals surface area contributed by atoms with Gasteiger partial charge in [-0.1, -0.05) is 22.2 Å². The van der Waals surface area contributed by atoms with Crippen LogP contribution in [0.3, 0.4) is 0 Å². The molecule has 0 atom stereocenters. The summed E-state index contributed by atoms with van der Waals surface area (Å²) in [6.45, 7) is 0. The molecule has 0 fully saturated rings. The van der Waals surface area contributed by atoms with Crippen LogP contribution in [0.5, 0.6) is 0 Å². The maximum atomic E-state index is 5.45. The van der Waals surface area contributed by atoms with Crippen LogP contribution in [0.4, 0.5) is 0 Å². The van der Waals surface area contributed by atoms with E-state index in [-0.39, 0.29) is 18.4 Å². The fraction of sp³-hybridized carbons (Fsp3) is 0. The summed E-state index contributed by atoms with van der Waals surface area (Å²) in [6.07, 6.45) is 0. The summed E-state index contributed by atoms with van der Waals surface area (Å²) < 4.78 is 9.30. The second kappa shape index (κ2) is 4.24. The van der Waals surface area contributed by atoms with Gasteiger partial charge in [-0.05, 0) is 0 Å². The van der Waals surface area contributed by atoms with Gasteiger partial charge in [0.2, 0.25) is 18.4 Å². The minimum atomic E-state index is -2.98. The lowest BCUT2D eigenvalue weighted by Crippen LogP contribution is -2.28. The molecule has 0 amide bonds. The van der Waals surface area contributed by atoms with Gasteiger partial charge in [-0.15, -0.1) is 12.0 Å². The summed E-state index contributed by atoms with van der Waals surface area (Å²) in [5, 5.41) is 0. The number of hydrogen-bond acceptors (Lipinski definition) is 2. The third-order valence-corrected chi connectivity index (χ3v) is 5.98. The van der Waals surface area contributed by atoms with Crippen molar-refractivity contribution < 1.29 is 8.23 Å². The van der Waals surface area contributed by atoms with E-state index < -0.39 is 7.18 Å². The molecule has 0 aromatic carbocycles. The average Bonchev–Trinajstić information content (AvgIpc) is 1.64. The smallest absolute Gasteiger partial charge is 0.506 e. The van der Waals surface area contributed by atoms with E-state index >= 15 is 0 Å². The van der Waals surface area contributed by atoms with Crippen molar-refractivity contribution >= 4 is 47.7 Å². The van der Waals surface area contributed by atoms with Crippen molar-refractivity contribution in [1.29, 1.82) is 0 Å². The molecule has 0 radical (unpaired) electrons. The minimum absolute atomic E-state index is 0.259. The van der Waals surface area contributed by atoms with Gasteiger partial charge in [0.1, 0.15) is 0 Å². The van der Waals surface area contributed by atoms with Crippen LogP contribution in [0.1, 0.15) is 0 Å². The van der Waals surface area contributed by atoms with E-state index in [2.05, 4.69) is 8.23 Å². The Balaban J connectivity index is 3.77. The van der Waals surface area contributed by atoms with Crippen LogP contribution in [0.25, 0.3) is 0 Å². The Labute approximate surface area is 68.2 Å². The Morgan fingerprint density at radius 1 is 1.11 bits per heavy atom. The van der Waals surface area contributed by atoms with E-state index in [4.69, 9.17) is 34.2 Å². The second-order valence-corrected chi connectivity index (χ2v) is 7.50. The van der Waals surface area contributed by atoms with E-state index in [9.17, 15) is 0 Å². The van der Waals surface area contributed by atoms with E-state index in [1.54, 1.807) is 0 Å². The largest absolute Gasteiger partial charge is 0.670 e. The van der Waals surface area contributed by atoms with E-state index in [0.717, 1.165) is 0 Å². The van der Waals surface area contributed by atoms with Gasteiger partial charge >= 0.3 is 7.18 Å². The van der Waals surface area contributed by atoms with Crippen LogP contribution in [0.2, 0.25) is 0 Å². The third-order valence-electron chi connectivity index (χ3n) is 0.355. The monoisotopic (exact) mass is 212 g/mol. The topological polar surface area (TPSA) is 18.5 Å². The molecule has 0 rings (SSSR count). The molecule has 0 bridgehead atoms. The van der Waals surface area contributed by atoms with E-state index in [1.165, 1.54) is 0 Å². The van der Waals surface area contributed by atoms with Crippen LogP contribution >= 0.6 is 22.2 Å². The summed E-state index contributed by atoms with van der Waals surface area (Å²) in [7, 11) is -3.50. The molecule has 0 aromatic heterocycles. The number of halogens is 2. The SMILES string of the molecule is C#[Si]O[Si](Cl)(Cl)O[Si]#C. The molecule has 0 aromatic rings. The predicted octanol–water partition coefficient (Wildman–Crippen LogP) is 0.349.